The van der Waals surface area contributed by atoms with Crippen LogP contribution in [0.25, 0.3) is 5.70 Å². The van der Waals surface area contributed by atoms with Crippen LogP contribution < -0.4 is 10.8 Å². The Hall–Kier alpha value is -3.32. The summed E-state index contributed by atoms with van der Waals surface area (Å²) in [4.78, 5) is 5.54. The maximum Gasteiger partial charge on any atom is 0.183 e. The molecule has 0 atom stereocenters. The van der Waals surface area contributed by atoms with Crippen LogP contribution in [-0.4, -0.2) is 5.60 Å². The SMILES string of the molecule is C=C(NOC(C)(C)C)c1cc(Cc2cccc(CC)c2F)c(F)c(F)c1Nc1ccc(C)cc1F. The lowest BCUT2D eigenvalue weighted by atomic mass is 9.97. The third kappa shape index (κ3) is 6.22. The molecular weight excluding hydrogens is 456 g/mol. The van der Waals surface area contributed by atoms with E-state index in [-0.39, 0.29) is 40.2 Å². The Bertz CT molecular complexity index is 1250. The van der Waals surface area contributed by atoms with E-state index in [2.05, 4.69) is 17.4 Å². The summed E-state index contributed by atoms with van der Waals surface area (Å²) in [5.41, 5.74) is 3.29. The van der Waals surface area contributed by atoms with Crippen molar-refractivity contribution in [3.63, 3.8) is 0 Å². The predicted molar refractivity (Wildman–Crippen MR) is 132 cm³/mol. The van der Waals surface area contributed by atoms with Crippen LogP contribution in [-0.2, 0) is 17.7 Å². The van der Waals surface area contributed by atoms with Crippen molar-refractivity contribution in [3.05, 3.63) is 100 Å². The molecule has 3 aromatic carbocycles. The van der Waals surface area contributed by atoms with Gasteiger partial charge in [-0.15, -0.1) is 0 Å². The second-order valence-corrected chi connectivity index (χ2v) is 9.41. The first-order valence-electron chi connectivity index (χ1n) is 11.3. The Labute approximate surface area is 203 Å². The third-order valence-corrected chi connectivity index (χ3v) is 5.39. The highest BCUT2D eigenvalue weighted by Crippen LogP contribution is 2.34. The van der Waals surface area contributed by atoms with E-state index in [4.69, 9.17) is 4.84 Å². The molecule has 0 bridgehead atoms. The molecule has 3 rings (SSSR count). The van der Waals surface area contributed by atoms with E-state index in [9.17, 15) is 8.78 Å². The predicted octanol–water partition coefficient (Wildman–Crippen LogP) is 7.74. The van der Waals surface area contributed by atoms with E-state index in [1.54, 1.807) is 45.9 Å². The lowest BCUT2D eigenvalue weighted by Gasteiger charge is -2.23. The van der Waals surface area contributed by atoms with E-state index < -0.39 is 28.9 Å². The van der Waals surface area contributed by atoms with Gasteiger partial charge >= 0.3 is 0 Å². The average molecular weight is 487 g/mol. The maximum absolute atomic E-state index is 15.4. The zero-order chi connectivity index (χ0) is 25.9. The molecule has 0 amide bonds. The molecule has 7 heteroatoms. The Kier molecular flexibility index (Phi) is 7.90. The molecule has 0 spiro atoms. The summed E-state index contributed by atoms with van der Waals surface area (Å²) in [6, 6.07) is 10.6. The van der Waals surface area contributed by atoms with Crippen molar-refractivity contribution >= 4 is 17.1 Å². The molecule has 2 N–H and O–H groups in total. The van der Waals surface area contributed by atoms with Crippen LogP contribution in [0.15, 0.2) is 49.0 Å². The topological polar surface area (TPSA) is 33.3 Å². The van der Waals surface area contributed by atoms with E-state index in [0.29, 0.717) is 17.5 Å². The number of nitrogens with one attached hydrogen (secondary N) is 2. The molecular formula is C28H30F4N2O. The number of anilines is 2. The van der Waals surface area contributed by atoms with Gasteiger partial charge in [0.05, 0.1) is 22.7 Å². The van der Waals surface area contributed by atoms with Gasteiger partial charge in [-0.25, -0.2) is 17.6 Å². The molecule has 0 saturated carbocycles. The molecule has 0 unspecified atom stereocenters. The second kappa shape index (κ2) is 10.5. The normalized spacial score (nSPS) is 11.5. The molecule has 0 aromatic heterocycles. The molecule has 3 aromatic rings. The van der Waals surface area contributed by atoms with Gasteiger partial charge in [0, 0.05) is 12.0 Å². The number of hydroxylamine groups is 1. The molecule has 0 aliphatic carbocycles. The summed E-state index contributed by atoms with van der Waals surface area (Å²) in [6.07, 6.45) is 0.291. The molecule has 3 nitrogen and oxygen atoms in total. The van der Waals surface area contributed by atoms with Gasteiger partial charge < -0.3 is 5.32 Å². The molecule has 35 heavy (non-hydrogen) atoms. The van der Waals surface area contributed by atoms with Gasteiger partial charge in [0.25, 0.3) is 0 Å². The number of benzene rings is 3. The molecule has 0 saturated heterocycles. The first kappa shape index (κ1) is 26.3. The molecule has 186 valence electrons. The first-order valence-corrected chi connectivity index (χ1v) is 11.3. The molecule has 0 aliphatic heterocycles. The average Bonchev–Trinajstić information content (AvgIpc) is 2.79. The van der Waals surface area contributed by atoms with Gasteiger partial charge in [-0.1, -0.05) is 37.8 Å². The van der Waals surface area contributed by atoms with E-state index >= 15 is 8.78 Å². The van der Waals surface area contributed by atoms with Gasteiger partial charge in [0.2, 0.25) is 0 Å². The van der Waals surface area contributed by atoms with Crippen LogP contribution in [0.3, 0.4) is 0 Å². The smallest absolute Gasteiger partial charge is 0.183 e. The minimum absolute atomic E-state index is 0.0332. The van der Waals surface area contributed by atoms with Crippen LogP contribution in [0.2, 0.25) is 0 Å². The zero-order valence-electron chi connectivity index (χ0n) is 20.6. The highest BCUT2D eigenvalue weighted by Gasteiger charge is 2.23. The molecule has 0 radical (unpaired) electrons. The summed E-state index contributed by atoms with van der Waals surface area (Å²) in [5.74, 6) is -3.46. The summed E-state index contributed by atoms with van der Waals surface area (Å²) >= 11 is 0. The van der Waals surface area contributed by atoms with Crippen LogP contribution in [0.1, 0.15) is 55.5 Å². The largest absolute Gasteiger partial charge is 0.350 e. The summed E-state index contributed by atoms with van der Waals surface area (Å²) in [7, 11) is 0. The van der Waals surface area contributed by atoms with Gasteiger partial charge in [-0.05, 0) is 74.6 Å². The van der Waals surface area contributed by atoms with Crippen LogP contribution >= 0.6 is 0 Å². The van der Waals surface area contributed by atoms with Gasteiger partial charge in [-0.3, -0.25) is 10.3 Å². The Morgan fingerprint density at radius 3 is 2.23 bits per heavy atom. The fourth-order valence-electron chi connectivity index (χ4n) is 3.54. The zero-order valence-corrected chi connectivity index (χ0v) is 20.6. The van der Waals surface area contributed by atoms with E-state index in [0.717, 1.165) is 0 Å². The standard InChI is InChI=1S/C28H30F4N2O/c1-7-18-9-8-10-19(24(18)30)14-20-15-21(17(3)34-35-28(4,5)6)27(26(32)25(20)31)33-23-12-11-16(2)13-22(23)29/h8-13,15,33-34H,3,7,14H2,1-2,4-6H3. The lowest BCUT2D eigenvalue weighted by molar-refractivity contribution is -0.0469. The number of rotatable bonds is 8. The highest BCUT2D eigenvalue weighted by molar-refractivity contribution is 5.78. The van der Waals surface area contributed by atoms with Crippen molar-refractivity contribution in [3.8, 4) is 0 Å². The van der Waals surface area contributed by atoms with Crippen molar-refractivity contribution in [2.24, 2.45) is 0 Å². The van der Waals surface area contributed by atoms with E-state index in [1.165, 1.54) is 24.3 Å². The molecule has 0 heterocycles. The third-order valence-electron chi connectivity index (χ3n) is 5.39. The minimum Gasteiger partial charge on any atom is -0.350 e. The van der Waals surface area contributed by atoms with Crippen LogP contribution in [0.4, 0.5) is 28.9 Å². The molecule has 0 fully saturated rings. The van der Waals surface area contributed by atoms with Crippen molar-refractivity contribution < 1.29 is 22.4 Å². The highest BCUT2D eigenvalue weighted by atomic mass is 19.2. The van der Waals surface area contributed by atoms with Crippen LogP contribution in [0, 0.1) is 30.2 Å². The summed E-state index contributed by atoms with van der Waals surface area (Å²) < 4.78 is 60.0. The first-order chi connectivity index (χ1) is 16.4. The lowest BCUT2D eigenvalue weighted by Crippen LogP contribution is -2.28. The fraction of sp³-hybridized carbons (Fsp3) is 0.286. The van der Waals surface area contributed by atoms with Gasteiger partial charge in [-0.2, -0.15) is 0 Å². The number of hydrogen-bond donors (Lipinski definition) is 2. The van der Waals surface area contributed by atoms with Crippen molar-refractivity contribution in [2.45, 2.75) is 53.1 Å². The Balaban J connectivity index is 2.10. The Morgan fingerprint density at radius 2 is 1.60 bits per heavy atom. The second-order valence-electron chi connectivity index (χ2n) is 9.41. The summed E-state index contributed by atoms with van der Waals surface area (Å²) in [5, 5.41) is 2.66. The van der Waals surface area contributed by atoms with Crippen molar-refractivity contribution in [1.82, 2.24) is 5.48 Å². The number of aryl methyl sites for hydroxylation is 2. The molecule has 0 aliphatic rings. The van der Waals surface area contributed by atoms with Crippen LogP contribution in [0.5, 0.6) is 0 Å². The number of halogens is 4. The fourth-order valence-corrected chi connectivity index (χ4v) is 3.54. The minimum atomic E-state index is -1.23. The number of hydrogen-bond acceptors (Lipinski definition) is 3. The van der Waals surface area contributed by atoms with Gasteiger partial charge in [0.1, 0.15) is 11.6 Å². The van der Waals surface area contributed by atoms with E-state index in [1.807, 2.05) is 6.92 Å². The maximum atomic E-state index is 15.4. The Morgan fingerprint density at radius 1 is 0.914 bits per heavy atom. The van der Waals surface area contributed by atoms with Crippen molar-refractivity contribution in [1.29, 1.82) is 0 Å². The van der Waals surface area contributed by atoms with Crippen molar-refractivity contribution in [2.75, 3.05) is 5.32 Å². The summed E-state index contributed by atoms with van der Waals surface area (Å²) in [6.45, 7) is 12.8. The monoisotopic (exact) mass is 486 g/mol. The van der Waals surface area contributed by atoms with Gasteiger partial charge in [0.15, 0.2) is 11.6 Å². The quantitative estimate of drug-likeness (QED) is 0.252.